The molecule has 0 radical (unpaired) electrons. The third-order valence-corrected chi connectivity index (χ3v) is 2.71. The van der Waals surface area contributed by atoms with E-state index in [1.807, 2.05) is 0 Å². The molecule has 1 heterocycles. The van der Waals surface area contributed by atoms with Gasteiger partial charge in [-0.15, -0.1) is 10.2 Å². The molecule has 2 aromatic rings. The number of nitrogens with one attached hydrogen (secondary N) is 1. The number of halogens is 3. The van der Waals surface area contributed by atoms with E-state index >= 15 is 0 Å². The fourth-order valence-corrected chi connectivity index (χ4v) is 1.73. The average molecular weight is 259 g/mol. The van der Waals surface area contributed by atoms with E-state index < -0.39 is 11.7 Å². The highest BCUT2D eigenvalue weighted by molar-refractivity contribution is 7.13. The Morgan fingerprint density at radius 2 is 2.12 bits per heavy atom. The highest BCUT2D eigenvalue weighted by Gasteiger charge is 2.30. The van der Waals surface area contributed by atoms with E-state index in [2.05, 4.69) is 15.5 Å². The molecule has 0 spiro atoms. The van der Waals surface area contributed by atoms with Crippen molar-refractivity contribution < 1.29 is 13.2 Å². The smallest absolute Gasteiger partial charge is 0.356 e. The molecular formula is C10H8F3N3S. The lowest BCUT2D eigenvalue weighted by Gasteiger charge is -2.08. The Bertz CT molecular complexity index is 482. The van der Waals surface area contributed by atoms with Gasteiger partial charge in [0.15, 0.2) is 0 Å². The number of nitrogens with zero attached hydrogens (tertiary/aromatic N) is 2. The molecule has 0 aliphatic carbocycles. The molecule has 0 saturated heterocycles. The van der Waals surface area contributed by atoms with Crippen LogP contribution in [0.3, 0.4) is 0 Å². The maximum Gasteiger partial charge on any atom is 0.416 e. The van der Waals surface area contributed by atoms with Crippen molar-refractivity contribution in [1.29, 1.82) is 0 Å². The van der Waals surface area contributed by atoms with E-state index in [-0.39, 0.29) is 0 Å². The highest BCUT2D eigenvalue weighted by Crippen LogP contribution is 2.29. The van der Waals surface area contributed by atoms with Gasteiger partial charge in [0, 0.05) is 6.54 Å². The summed E-state index contributed by atoms with van der Waals surface area (Å²) in [6, 6.07) is 5.19. The van der Waals surface area contributed by atoms with E-state index in [4.69, 9.17) is 0 Å². The molecule has 0 fully saturated rings. The molecular weight excluding hydrogens is 251 g/mol. The monoisotopic (exact) mass is 259 g/mol. The van der Waals surface area contributed by atoms with Gasteiger partial charge in [-0.2, -0.15) is 13.2 Å². The molecule has 1 N–H and O–H groups in total. The molecule has 17 heavy (non-hydrogen) atoms. The lowest BCUT2D eigenvalue weighted by molar-refractivity contribution is -0.137. The first-order valence-electron chi connectivity index (χ1n) is 4.72. The van der Waals surface area contributed by atoms with Gasteiger partial charge in [0.1, 0.15) is 5.51 Å². The second-order valence-electron chi connectivity index (χ2n) is 3.30. The zero-order chi connectivity index (χ0) is 12.3. The molecule has 2 rings (SSSR count). The number of aromatic nitrogens is 2. The number of alkyl halides is 3. The maximum absolute atomic E-state index is 12.4. The standard InChI is InChI=1S/C10H8F3N3S/c11-10(12,13)8-3-1-2-7(4-8)5-14-9-16-15-6-17-9/h1-4,6H,5H2,(H,14,16). The summed E-state index contributed by atoms with van der Waals surface area (Å²) in [5, 5.41) is 10.8. The van der Waals surface area contributed by atoms with Crippen molar-refractivity contribution in [2.45, 2.75) is 12.7 Å². The van der Waals surface area contributed by atoms with Gasteiger partial charge in [-0.05, 0) is 17.7 Å². The van der Waals surface area contributed by atoms with Crippen LogP contribution in [0.15, 0.2) is 29.8 Å². The molecule has 3 nitrogen and oxygen atoms in total. The SMILES string of the molecule is FC(F)(F)c1cccc(CNc2nncs2)c1. The van der Waals surface area contributed by atoms with Gasteiger partial charge in [-0.1, -0.05) is 23.5 Å². The lowest BCUT2D eigenvalue weighted by atomic mass is 10.1. The molecule has 0 amide bonds. The van der Waals surface area contributed by atoms with Gasteiger partial charge >= 0.3 is 6.18 Å². The summed E-state index contributed by atoms with van der Waals surface area (Å²) in [6.45, 7) is 0.291. The predicted molar refractivity (Wildman–Crippen MR) is 58.7 cm³/mol. The van der Waals surface area contributed by atoms with Crippen molar-refractivity contribution in [3.05, 3.63) is 40.9 Å². The summed E-state index contributed by atoms with van der Waals surface area (Å²) in [6.07, 6.45) is -4.31. The van der Waals surface area contributed by atoms with Crippen LogP contribution in [0.25, 0.3) is 0 Å². The molecule has 0 unspecified atom stereocenters. The quantitative estimate of drug-likeness (QED) is 0.920. The minimum Gasteiger partial charge on any atom is -0.356 e. The van der Waals surface area contributed by atoms with Gasteiger partial charge in [0.05, 0.1) is 5.56 Å². The lowest BCUT2D eigenvalue weighted by Crippen LogP contribution is -2.06. The normalized spacial score (nSPS) is 11.5. The van der Waals surface area contributed by atoms with Crippen molar-refractivity contribution in [3.8, 4) is 0 Å². The number of anilines is 1. The zero-order valence-electron chi connectivity index (χ0n) is 8.53. The summed E-state index contributed by atoms with van der Waals surface area (Å²) in [5.41, 5.74) is 1.46. The van der Waals surface area contributed by atoms with Crippen molar-refractivity contribution in [2.24, 2.45) is 0 Å². The van der Waals surface area contributed by atoms with Crippen LogP contribution in [-0.2, 0) is 12.7 Å². The van der Waals surface area contributed by atoms with Crippen LogP contribution in [0.1, 0.15) is 11.1 Å². The van der Waals surface area contributed by atoms with Crippen LogP contribution in [0.4, 0.5) is 18.3 Å². The minimum atomic E-state index is -4.31. The van der Waals surface area contributed by atoms with Crippen LogP contribution in [-0.4, -0.2) is 10.2 Å². The number of hydrogen-bond donors (Lipinski definition) is 1. The molecule has 0 aliphatic heterocycles. The van der Waals surface area contributed by atoms with Gasteiger partial charge < -0.3 is 5.32 Å². The first-order valence-corrected chi connectivity index (χ1v) is 5.60. The van der Waals surface area contributed by atoms with Gasteiger partial charge in [0.25, 0.3) is 0 Å². The molecule has 0 aliphatic rings. The Morgan fingerprint density at radius 1 is 1.29 bits per heavy atom. The predicted octanol–water partition coefficient (Wildman–Crippen LogP) is 3.17. The van der Waals surface area contributed by atoms with Crippen LogP contribution < -0.4 is 5.32 Å². The van der Waals surface area contributed by atoms with Gasteiger partial charge in [-0.3, -0.25) is 0 Å². The summed E-state index contributed by atoms with van der Waals surface area (Å²) in [7, 11) is 0. The Kier molecular flexibility index (Phi) is 3.28. The topological polar surface area (TPSA) is 37.8 Å². The van der Waals surface area contributed by atoms with E-state index in [0.29, 0.717) is 17.2 Å². The Labute approximate surface area is 99.3 Å². The van der Waals surface area contributed by atoms with Crippen LogP contribution in [0.2, 0.25) is 0 Å². The van der Waals surface area contributed by atoms with Crippen LogP contribution in [0.5, 0.6) is 0 Å². The number of hydrogen-bond acceptors (Lipinski definition) is 4. The van der Waals surface area contributed by atoms with Crippen molar-refractivity contribution in [2.75, 3.05) is 5.32 Å². The molecule has 0 saturated carbocycles. The van der Waals surface area contributed by atoms with Crippen molar-refractivity contribution in [3.63, 3.8) is 0 Å². The van der Waals surface area contributed by atoms with Gasteiger partial charge in [0.2, 0.25) is 5.13 Å². The summed E-state index contributed by atoms with van der Waals surface area (Å²) in [4.78, 5) is 0. The third kappa shape index (κ3) is 3.16. The minimum absolute atomic E-state index is 0.291. The van der Waals surface area contributed by atoms with Crippen molar-refractivity contribution >= 4 is 16.5 Å². The average Bonchev–Trinajstić information content (AvgIpc) is 2.78. The Balaban J connectivity index is 2.07. The third-order valence-electron chi connectivity index (χ3n) is 2.06. The molecule has 90 valence electrons. The Hall–Kier alpha value is -1.63. The van der Waals surface area contributed by atoms with Crippen LogP contribution in [0, 0.1) is 0 Å². The van der Waals surface area contributed by atoms with E-state index in [1.54, 1.807) is 11.6 Å². The second kappa shape index (κ2) is 4.70. The summed E-state index contributed by atoms with van der Waals surface area (Å²) in [5.74, 6) is 0. The number of benzene rings is 1. The van der Waals surface area contributed by atoms with E-state index in [9.17, 15) is 13.2 Å². The van der Waals surface area contributed by atoms with Crippen LogP contribution >= 0.6 is 11.3 Å². The highest BCUT2D eigenvalue weighted by atomic mass is 32.1. The first kappa shape index (κ1) is 11.8. The molecule has 0 bridgehead atoms. The molecule has 7 heteroatoms. The Morgan fingerprint density at radius 3 is 2.76 bits per heavy atom. The summed E-state index contributed by atoms with van der Waals surface area (Å²) >= 11 is 1.30. The fourth-order valence-electron chi connectivity index (χ4n) is 1.29. The summed E-state index contributed by atoms with van der Waals surface area (Å²) < 4.78 is 37.3. The van der Waals surface area contributed by atoms with Crippen molar-refractivity contribution in [1.82, 2.24) is 10.2 Å². The van der Waals surface area contributed by atoms with E-state index in [1.165, 1.54) is 17.4 Å². The van der Waals surface area contributed by atoms with Gasteiger partial charge in [-0.25, -0.2) is 0 Å². The molecule has 1 aromatic heterocycles. The molecule has 0 atom stereocenters. The zero-order valence-corrected chi connectivity index (χ0v) is 9.35. The fraction of sp³-hybridized carbons (Fsp3) is 0.200. The van der Waals surface area contributed by atoms with E-state index in [0.717, 1.165) is 12.1 Å². The number of rotatable bonds is 3. The second-order valence-corrected chi connectivity index (χ2v) is 4.13. The largest absolute Gasteiger partial charge is 0.416 e. The molecule has 1 aromatic carbocycles. The maximum atomic E-state index is 12.4. The first-order chi connectivity index (χ1) is 8.05.